The highest BCUT2D eigenvalue weighted by Gasteiger charge is 2.18. The molecule has 2 rings (SSSR count). The number of guanidine groups is 1. The molecule has 0 spiro atoms. The maximum absolute atomic E-state index is 5.42. The molecule has 19 heavy (non-hydrogen) atoms. The van der Waals surface area contributed by atoms with Gasteiger partial charge in [0.15, 0.2) is 5.96 Å². The van der Waals surface area contributed by atoms with Gasteiger partial charge in [-0.05, 0) is 35.2 Å². The summed E-state index contributed by atoms with van der Waals surface area (Å²) in [5.41, 5.74) is 1.39. The van der Waals surface area contributed by atoms with Crippen LogP contribution in [0.3, 0.4) is 0 Å². The van der Waals surface area contributed by atoms with Gasteiger partial charge >= 0.3 is 0 Å². The molecule has 1 aromatic heterocycles. The lowest BCUT2D eigenvalue weighted by Crippen LogP contribution is -2.42. The lowest BCUT2D eigenvalue weighted by molar-refractivity contribution is 0.181. The fraction of sp³-hybridized carbons (Fsp3) is 0.643. The minimum Gasteiger partial charge on any atom is -0.381 e. The molecular weight excluding hydrogens is 258 g/mol. The predicted molar refractivity (Wildman–Crippen MR) is 80.9 cm³/mol. The van der Waals surface area contributed by atoms with Gasteiger partial charge in [0.05, 0.1) is 6.61 Å². The summed E-state index contributed by atoms with van der Waals surface area (Å²) in [6, 6.07) is 2.18. The lowest BCUT2D eigenvalue weighted by Gasteiger charge is -2.24. The minimum absolute atomic E-state index is 0.639. The van der Waals surface area contributed by atoms with Gasteiger partial charge in [0.25, 0.3) is 0 Å². The van der Waals surface area contributed by atoms with Gasteiger partial charge in [0, 0.05) is 39.7 Å². The van der Waals surface area contributed by atoms with Crippen molar-refractivity contribution in [3.8, 4) is 0 Å². The van der Waals surface area contributed by atoms with Crippen LogP contribution in [-0.4, -0.2) is 51.3 Å². The Hall–Kier alpha value is -1.07. The second-order valence-corrected chi connectivity index (χ2v) is 5.75. The van der Waals surface area contributed by atoms with E-state index >= 15 is 0 Å². The SMILES string of the molecule is CN=C(NCCc1ccsc1)N(C)CC1CCOC1. The maximum Gasteiger partial charge on any atom is 0.193 e. The summed E-state index contributed by atoms with van der Waals surface area (Å²) in [7, 11) is 3.94. The molecule has 2 heterocycles. The third kappa shape index (κ3) is 4.51. The molecule has 0 radical (unpaired) electrons. The summed E-state index contributed by atoms with van der Waals surface area (Å²) in [4.78, 5) is 6.54. The summed E-state index contributed by atoms with van der Waals surface area (Å²) in [6.45, 7) is 3.73. The number of nitrogens with zero attached hydrogens (tertiary/aromatic N) is 2. The summed E-state index contributed by atoms with van der Waals surface area (Å²) in [6.07, 6.45) is 2.21. The maximum atomic E-state index is 5.42. The normalized spacial score (nSPS) is 19.7. The Morgan fingerprint density at radius 1 is 1.63 bits per heavy atom. The first-order valence-electron chi connectivity index (χ1n) is 6.80. The molecule has 4 nitrogen and oxygen atoms in total. The highest BCUT2D eigenvalue weighted by atomic mass is 32.1. The molecule has 106 valence electrons. The Labute approximate surface area is 119 Å². The molecule has 0 aliphatic carbocycles. The van der Waals surface area contributed by atoms with Crippen molar-refractivity contribution >= 4 is 17.3 Å². The van der Waals surface area contributed by atoms with Crippen molar-refractivity contribution in [1.29, 1.82) is 0 Å². The van der Waals surface area contributed by atoms with Gasteiger partial charge in [-0.15, -0.1) is 0 Å². The van der Waals surface area contributed by atoms with Crippen LogP contribution in [0.4, 0.5) is 0 Å². The van der Waals surface area contributed by atoms with Crippen molar-refractivity contribution in [2.24, 2.45) is 10.9 Å². The highest BCUT2D eigenvalue weighted by Crippen LogP contribution is 2.13. The second kappa shape index (κ2) is 7.50. The second-order valence-electron chi connectivity index (χ2n) is 4.97. The quantitative estimate of drug-likeness (QED) is 0.661. The summed E-state index contributed by atoms with van der Waals surface area (Å²) < 4.78 is 5.42. The number of aliphatic imine (C=N–C) groups is 1. The van der Waals surface area contributed by atoms with Crippen LogP contribution in [0.5, 0.6) is 0 Å². The Morgan fingerprint density at radius 3 is 3.16 bits per heavy atom. The molecule has 1 fully saturated rings. The average molecular weight is 281 g/mol. The van der Waals surface area contributed by atoms with E-state index in [4.69, 9.17) is 4.74 Å². The van der Waals surface area contributed by atoms with E-state index in [2.05, 4.69) is 39.1 Å². The Morgan fingerprint density at radius 2 is 2.53 bits per heavy atom. The van der Waals surface area contributed by atoms with Gasteiger partial charge in [-0.2, -0.15) is 11.3 Å². The van der Waals surface area contributed by atoms with E-state index in [0.717, 1.165) is 45.1 Å². The Balaban J connectivity index is 1.72. The van der Waals surface area contributed by atoms with Gasteiger partial charge in [0.1, 0.15) is 0 Å². The third-order valence-electron chi connectivity index (χ3n) is 3.41. The Bertz CT molecular complexity index is 385. The first-order chi connectivity index (χ1) is 9.29. The van der Waals surface area contributed by atoms with E-state index in [-0.39, 0.29) is 0 Å². The van der Waals surface area contributed by atoms with Crippen molar-refractivity contribution in [1.82, 2.24) is 10.2 Å². The molecule has 0 bridgehead atoms. The smallest absolute Gasteiger partial charge is 0.193 e. The molecule has 0 aromatic carbocycles. The molecule has 1 N–H and O–H groups in total. The van der Waals surface area contributed by atoms with Gasteiger partial charge < -0.3 is 15.0 Å². The number of nitrogens with one attached hydrogen (secondary N) is 1. The van der Waals surface area contributed by atoms with Crippen molar-refractivity contribution in [3.63, 3.8) is 0 Å². The predicted octanol–water partition coefficient (Wildman–Crippen LogP) is 1.83. The zero-order valence-corrected chi connectivity index (χ0v) is 12.6. The van der Waals surface area contributed by atoms with Crippen molar-refractivity contribution in [2.45, 2.75) is 12.8 Å². The van der Waals surface area contributed by atoms with Crippen LogP contribution in [0, 0.1) is 5.92 Å². The van der Waals surface area contributed by atoms with E-state index in [9.17, 15) is 0 Å². The monoisotopic (exact) mass is 281 g/mol. The van der Waals surface area contributed by atoms with E-state index < -0.39 is 0 Å². The van der Waals surface area contributed by atoms with Crippen molar-refractivity contribution in [2.75, 3.05) is 40.4 Å². The lowest BCUT2D eigenvalue weighted by atomic mass is 10.1. The fourth-order valence-electron chi connectivity index (χ4n) is 2.34. The van der Waals surface area contributed by atoms with E-state index in [1.807, 2.05) is 7.05 Å². The molecule has 5 heteroatoms. The van der Waals surface area contributed by atoms with Gasteiger partial charge in [0.2, 0.25) is 0 Å². The van der Waals surface area contributed by atoms with Crippen molar-refractivity contribution in [3.05, 3.63) is 22.4 Å². The van der Waals surface area contributed by atoms with Crippen LogP contribution >= 0.6 is 11.3 Å². The average Bonchev–Trinajstić information content (AvgIpc) is 3.07. The van der Waals surface area contributed by atoms with Crippen LogP contribution < -0.4 is 5.32 Å². The molecule has 1 aliphatic rings. The number of thiophene rings is 1. The third-order valence-corrected chi connectivity index (χ3v) is 4.14. The summed E-state index contributed by atoms with van der Waals surface area (Å²) in [5, 5.41) is 7.74. The molecule has 0 saturated carbocycles. The molecule has 1 atom stereocenters. The van der Waals surface area contributed by atoms with E-state index in [1.165, 1.54) is 5.56 Å². The van der Waals surface area contributed by atoms with Crippen LogP contribution in [0.25, 0.3) is 0 Å². The molecule has 1 aliphatic heterocycles. The summed E-state index contributed by atoms with van der Waals surface area (Å²) in [5.74, 6) is 1.61. The number of hydrogen-bond donors (Lipinski definition) is 1. The van der Waals surface area contributed by atoms with Crippen molar-refractivity contribution < 1.29 is 4.74 Å². The summed E-state index contributed by atoms with van der Waals surface area (Å²) >= 11 is 1.75. The van der Waals surface area contributed by atoms with E-state index in [1.54, 1.807) is 11.3 Å². The zero-order chi connectivity index (χ0) is 13.5. The molecule has 1 unspecified atom stereocenters. The Kier molecular flexibility index (Phi) is 5.66. The molecule has 1 aromatic rings. The largest absolute Gasteiger partial charge is 0.381 e. The van der Waals surface area contributed by atoms with Gasteiger partial charge in [-0.25, -0.2) is 0 Å². The zero-order valence-electron chi connectivity index (χ0n) is 11.8. The van der Waals surface area contributed by atoms with Crippen LogP contribution in [0.15, 0.2) is 21.8 Å². The van der Waals surface area contributed by atoms with Gasteiger partial charge in [-0.1, -0.05) is 0 Å². The van der Waals surface area contributed by atoms with Crippen LogP contribution in [0.1, 0.15) is 12.0 Å². The van der Waals surface area contributed by atoms with Crippen LogP contribution in [0.2, 0.25) is 0 Å². The fourth-order valence-corrected chi connectivity index (χ4v) is 3.04. The molecule has 0 amide bonds. The van der Waals surface area contributed by atoms with Crippen LogP contribution in [-0.2, 0) is 11.2 Å². The topological polar surface area (TPSA) is 36.9 Å². The number of rotatable bonds is 5. The molecular formula is C14H23N3OS. The number of ether oxygens (including phenoxy) is 1. The standard InChI is InChI=1S/C14H23N3OS/c1-15-14(16-6-3-12-5-8-19-11-12)17(2)9-13-4-7-18-10-13/h5,8,11,13H,3-4,6-7,9-10H2,1-2H3,(H,15,16). The first kappa shape index (κ1) is 14.3. The van der Waals surface area contributed by atoms with E-state index in [0.29, 0.717) is 5.92 Å². The highest BCUT2D eigenvalue weighted by molar-refractivity contribution is 7.07. The first-order valence-corrected chi connectivity index (χ1v) is 7.74. The van der Waals surface area contributed by atoms with Gasteiger partial charge in [-0.3, -0.25) is 4.99 Å². The number of hydrogen-bond acceptors (Lipinski definition) is 3. The minimum atomic E-state index is 0.639. The molecule has 1 saturated heterocycles.